The number of aryl methyl sites for hydroxylation is 1. The molecule has 0 fully saturated rings. The van der Waals surface area contributed by atoms with Gasteiger partial charge in [0.15, 0.2) is 5.78 Å². The molecule has 2 nitrogen and oxygen atoms in total. The fourth-order valence-corrected chi connectivity index (χ4v) is 4.48. The van der Waals surface area contributed by atoms with E-state index >= 15 is 0 Å². The quantitative estimate of drug-likeness (QED) is 0.293. The van der Waals surface area contributed by atoms with Gasteiger partial charge in [-0.3, -0.25) is 4.79 Å². The lowest BCUT2D eigenvalue weighted by Gasteiger charge is -2.10. The number of rotatable bonds is 5. The number of hydrogen-bond acceptors (Lipinski definition) is 2. The average Bonchev–Trinajstić information content (AvgIpc) is 2.91. The third-order valence-electron chi connectivity index (χ3n) is 4.07. The number of aromatic nitrogens is 1. The number of carbonyl (C=O) groups is 1. The molecule has 3 aromatic rings. The Kier molecular flexibility index (Phi) is 6.18. The first-order chi connectivity index (χ1) is 12.4. The molecule has 0 saturated carbocycles. The molecule has 0 N–H and O–H groups in total. The SMILES string of the molecule is Cc1cc(C(=O)CSc2cc(Cl)ccc2Cl)c(C)n1-c1ccc(Br)cc1. The van der Waals surface area contributed by atoms with Gasteiger partial charge >= 0.3 is 0 Å². The van der Waals surface area contributed by atoms with Crippen LogP contribution in [0.25, 0.3) is 5.69 Å². The molecule has 0 radical (unpaired) electrons. The summed E-state index contributed by atoms with van der Waals surface area (Å²) in [4.78, 5) is 13.6. The molecule has 0 aliphatic carbocycles. The second-order valence-electron chi connectivity index (χ2n) is 5.88. The molecule has 0 amide bonds. The normalized spacial score (nSPS) is 11.0. The Balaban J connectivity index is 1.83. The standard InChI is InChI=1S/C20H16BrCl2NOS/c1-12-9-17(13(2)24(12)16-6-3-14(21)4-7-16)19(25)11-26-20-10-15(22)5-8-18(20)23/h3-10H,11H2,1-2H3. The van der Waals surface area contributed by atoms with Crippen molar-refractivity contribution in [3.63, 3.8) is 0 Å². The van der Waals surface area contributed by atoms with Gasteiger partial charge in [0.25, 0.3) is 0 Å². The van der Waals surface area contributed by atoms with Crippen molar-refractivity contribution in [3.8, 4) is 5.69 Å². The number of thioether (sulfide) groups is 1. The fourth-order valence-electron chi connectivity index (χ4n) is 2.84. The smallest absolute Gasteiger partial charge is 0.174 e. The predicted octanol–water partition coefficient (Wildman–Crippen LogP) is 7.14. The Morgan fingerprint density at radius 3 is 2.46 bits per heavy atom. The van der Waals surface area contributed by atoms with Crippen LogP contribution in [-0.4, -0.2) is 16.1 Å². The Morgan fingerprint density at radius 1 is 1.08 bits per heavy atom. The summed E-state index contributed by atoms with van der Waals surface area (Å²) < 4.78 is 3.12. The third kappa shape index (κ3) is 4.20. The molecule has 3 rings (SSSR count). The molecule has 0 atom stereocenters. The summed E-state index contributed by atoms with van der Waals surface area (Å²) in [6.45, 7) is 3.98. The number of nitrogens with zero attached hydrogens (tertiary/aromatic N) is 1. The van der Waals surface area contributed by atoms with E-state index in [1.165, 1.54) is 11.8 Å². The van der Waals surface area contributed by atoms with Crippen LogP contribution in [-0.2, 0) is 0 Å². The molecule has 134 valence electrons. The van der Waals surface area contributed by atoms with Crippen LogP contribution in [0.2, 0.25) is 10.0 Å². The van der Waals surface area contributed by atoms with Crippen molar-refractivity contribution < 1.29 is 4.79 Å². The Labute approximate surface area is 175 Å². The third-order valence-corrected chi connectivity index (χ3v) is 6.33. The maximum absolute atomic E-state index is 12.8. The summed E-state index contributed by atoms with van der Waals surface area (Å²) in [7, 11) is 0. The monoisotopic (exact) mass is 467 g/mol. The minimum Gasteiger partial charge on any atom is -0.318 e. The van der Waals surface area contributed by atoms with Gasteiger partial charge in [0.1, 0.15) is 0 Å². The van der Waals surface area contributed by atoms with E-state index in [0.717, 1.165) is 32.0 Å². The molecule has 0 saturated heterocycles. The Morgan fingerprint density at radius 2 is 1.77 bits per heavy atom. The molecular formula is C20H16BrCl2NOS. The minimum absolute atomic E-state index is 0.0718. The largest absolute Gasteiger partial charge is 0.318 e. The van der Waals surface area contributed by atoms with E-state index in [-0.39, 0.29) is 5.78 Å². The zero-order valence-electron chi connectivity index (χ0n) is 14.2. The molecule has 26 heavy (non-hydrogen) atoms. The lowest BCUT2D eigenvalue weighted by molar-refractivity contribution is 0.102. The van der Waals surface area contributed by atoms with Gasteiger partial charge in [-0.15, -0.1) is 11.8 Å². The molecule has 1 aromatic heterocycles. The number of ketones is 1. The van der Waals surface area contributed by atoms with Crippen LogP contribution in [0.1, 0.15) is 21.7 Å². The van der Waals surface area contributed by atoms with Gasteiger partial charge in [0, 0.05) is 37.0 Å². The number of Topliss-reactive ketones (excluding diaryl/α,β-unsaturated/α-hetero) is 1. The molecule has 0 bridgehead atoms. The van der Waals surface area contributed by atoms with Crippen LogP contribution in [0.5, 0.6) is 0 Å². The van der Waals surface area contributed by atoms with Crippen molar-refractivity contribution in [2.24, 2.45) is 0 Å². The van der Waals surface area contributed by atoms with Gasteiger partial charge in [-0.25, -0.2) is 0 Å². The summed E-state index contributed by atoms with van der Waals surface area (Å²) in [6, 6.07) is 15.3. The summed E-state index contributed by atoms with van der Waals surface area (Å²) in [6.07, 6.45) is 0. The first kappa shape index (κ1) is 19.6. The summed E-state index contributed by atoms with van der Waals surface area (Å²) in [5.74, 6) is 0.382. The second kappa shape index (κ2) is 8.22. The van der Waals surface area contributed by atoms with Crippen LogP contribution in [0.3, 0.4) is 0 Å². The van der Waals surface area contributed by atoms with Crippen LogP contribution in [0.15, 0.2) is 57.9 Å². The number of halogens is 3. The first-order valence-electron chi connectivity index (χ1n) is 7.92. The van der Waals surface area contributed by atoms with Gasteiger partial charge in [-0.2, -0.15) is 0 Å². The molecule has 0 aliphatic heterocycles. The van der Waals surface area contributed by atoms with Crippen molar-refractivity contribution in [1.82, 2.24) is 4.57 Å². The van der Waals surface area contributed by atoms with E-state index in [4.69, 9.17) is 23.2 Å². The highest BCUT2D eigenvalue weighted by Gasteiger charge is 2.17. The summed E-state index contributed by atoms with van der Waals surface area (Å²) >= 11 is 17.0. The van der Waals surface area contributed by atoms with Crippen LogP contribution in [0, 0.1) is 13.8 Å². The van der Waals surface area contributed by atoms with E-state index in [1.807, 2.05) is 44.2 Å². The van der Waals surface area contributed by atoms with Crippen molar-refractivity contribution in [1.29, 1.82) is 0 Å². The highest BCUT2D eigenvalue weighted by molar-refractivity contribution is 9.10. The van der Waals surface area contributed by atoms with Crippen LogP contribution < -0.4 is 0 Å². The van der Waals surface area contributed by atoms with Crippen LogP contribution >= 0.6 is 50.9 Å². The fraction of sp³-hybridized carbons (Fsp3) is 0.150. The van der Waals surface area contributed by atoms with E-state index < -0.39 is 0 Å². The molecular weight excluding hydrogens is 453 g/mol. The van der Waals surface area contributed by atoms with Gasteiger partial charge < -0.3 is 4.57 Å². The second-order valence-corrected chi connectivity index (χ2v) is 8.66. The zero-order chi connectivity index (χ0) is 18.8. The Bertz CT molecular complexity index is 967. The van der Waals surface area contributed by atoms with Gasteiger partial charge in [-0.05, 0) is 62.4 Å². The van der Waals surface area contributed by atoms with Gasteiger partial charge in [-0.1, -0.05) is 39.1 Å². The van der Waals surface area contributed by atoms with Gasteiger partial charge in [0.05, 0.1) is 10.8 Å². The van der Waals surface area contributed by atoms with E-state index in [9.17, 15) is 4.79 Å². The van der Waals surface area contributed by atoms with Gasteiger partial charge in [0.2, 0.25) is 0 Å². The van der Waals surface area contributed by atoms with E-state index in [2.05, 4.69) is 20.5 Å². The predicted molar refractivity (Wildman–Crippen MR) is 114 cm³/mol. The lowest BCUT2D eigenvalue weighted by Crippen LogP contribution is -2.05. The molecule has 2 aromatic carbocycles. The molecule has 0 spiro atoms. The van der Waals surface area contributed by atoms with Crippen molar-refractivity contribution >= 4 is 56.7 Å². The van der Waals surface area contributed by atoms with Crippen molar-refractivity contribution in [3.05, 3.63) is 80.0 Å². The van der Waals surface area contributed by atoms with Crippen molar-refractivity contribution in [2.75, 3.05) is 5.75 Å². The molecule has 1 heterocycles. The number of benzene rings is 2. The molecule has 0 aliphatic rings. The highest BCUT2D eigenvalue weighted by Crippen LogP contribution is 2.31. The number of carbonyl (C=O) groups excluding carboxylic acids is 1. The molecule has 6 heteroatoms. The Hall–Kier alpha value is -1.20. The zero-order valence-corrected chi connectivity index (χ0v) is 18.1. The maximum Gasteiger partial charge on any atom is 0.174 e. The van der Waals surface area contributed by atoms with Crippen LogP contribution in [0.4, 0.5) is 0 Å². The maximum atomic E-state index is 12.8. The summed E-state index contributed by atoms with van der Waals surface area (Å²) in [5.41, 5.74) is 3.73. The lowest BCUT2D eigenvalue weighted by atomic mass is 10.2. The highest BCUT2D eigenvalue weighted by atomic mass is 79.9. The number of hydrogen-bond donors (Lipinski definition) is 0. The summed E-state index contributed by atoms with van der Waals surface area (Å²) in [5, 5.41) is 1.21. The average molecular weight is 469 g/mol. The molecule has 0 unspecified atom stereocenters. The van der Waals surface area contributed by atoms with Crippen molar-refractivity contribution in [2.45, 2.75) is 18.7 Å². The first-order valence-corrected chi connectivity index (χ1v) is 10.5. The topological polar surface area (TPSA) is 22.0 Å². The van der Waals surface area contributed by atoms with E-state index in [1.54, 1.807) is 18.2 Å². The van der Waals surface area contributed by atoms with E-state index in [0.29, 0.717) is 15.8 Å². The minimum atomic E-state index is 0.0718.